The summed E-state index contributed by atoms with van der Waals surface area (Å²) in [6, 6.07) is -0.0403. The first-order valence-corrected chi connectivity index (χ1v) is 8.39. The van der Waals surface area contributed by atoms with Crippen LogP contribution in [0.2, 0.25) is 0 Å². The molecule has 7 heteroatoms. The van der Waals surface area contributed by atoms with Crippen molar-refractivity contribution in [3.8, 4) is 0 Å². The van der Waals surface area contributed by atoms with Gasteiger partial charge in [-0.15, -0.1) is 6.58 Å². The summed E-state index contributed by atoms with van der Waals surface area (Å²) in [5.74, 6) is 0.0156. The quantitative estimate of drug-likeness (QED) is 0.498. The van der Waals surface area contributed by atoms with E-state index in [1.807, 2.05) is 0 Å². The normalized spacial score (nSPS) is 20.3. The molecule has 0 bridgehead atoms. The average Bonchev–Trinajstić information content (AvgIpc) is 2.36. The summed E-state index contributed by atoms with van der Waals surface area (Å²) in [7, 11) is -3.21. The summed E-state index contributed by atoms with van der Waals surface area (Å²) in [4.78, 5) is 13.8. The summed E-state index contributed by atoms with van der Waals surface area (Å²) in [5, 5.41) is 2.98. The predicted molar refractivity (Wildman–Crippen MR) is 75.3 cm³/mol. The Morgan fingerprint density at radius 3 is 2.84 bits per heavy atom. The van der Waals surface area contributed by atoms with E-state index in [1.54, 1.807) is 11.0 Å². The van der Waals surface area contributed by atoms with Crippen molar-refractivity contribution in [2.75, 3.05) is 32.4 Å². The van der Waals surface area contributed by atoms with Crippen LogP contribution in [0.25, 0.3) is 0 Å². The topological polar surface area (TPSA) is 78.5 Å². The third-order valence-electron chi connectivity index (χ3n) is 3.09. The van der Waals surface area contributed by atoms with E-state index in [4.69, 9.17) is 0 Å². The van der Waals surface area contributed by atoms with Gasteiger partial charge in [0.25, 0.3) is 0 Å². The zero-order valence-electron chi connectivity index (χ0n) is 11.4. The van der Waals surface area contributed by atoms with Crippen molar-refractivity contribution >= 4 is 15.9 Å². The molecule has 1 atom stereocenters. The van der Waals surface area contributed by atoms with Gasteiger partial charge in [0.15, 0.2) is 0 Å². The lowest BCUT2D eigenvalue weighted by molar-refractivity contribution is -0.133. The van der Waals surface area contributed by atoms with Gasteiger partial charge in [-0.3, -0.25) is 4.79 Å². The van der Waals surface area contributed by atoms with Gasteiger partial charge in [-0.1, -0.05) is 6.08 Å². The smallest absolute Gasteiger partial charge is 0.236 e. The Balaban J connectivity index is 2.51. The van der Waals surface area contributed by atoms with Crippen molar-refractivity contribution in [1.29, 1.82) is 0 Å². The van der Waals surface area contributed by atoms with Gasteiger partial charge in [-0.05, 0) is 19.3 Å². The molecule has 0 spiro atoms. The number of nitrogens with one attached hydrogen (secondary N) is 2. The molecule has 1 aliphatic heterocycles. The molecule has 1 fully saturated rings. The van der Waals surface area contributed by atoms with Crippen LogP contribution in [0, 0.1) is 0 Å². The van der Waals surface area contributed by atoms with E-state index in [9.17, 15) is 13.2 Å². The molecule has 0 aliphatic carbocycles. The van der Waals surface area contributed by atoms with Crippen LogP contribution >= 0.6 is 0 Å². The van der Waals surface area contributed by atoms with Crippen molar-refractivity contribution in [3.63, 3.8) is 0 Å². The molecule has 1 saturated heterocycles. The van der Waals surface area contributed by atoms with Crippen LogP contribution < -0.4 is 10.0 Å². The Hall–Kier alpha value is -0.920. The fraction of sp³-hybridized carbons (Fsp3) is 0.750. The molecule has 19 heavy (non-hydrogen) atoms. The van der Waals surface area contributed by atoms with Crippen LogP contribution in [0.15, 0.2) is 12.7 Å². The largest absolute Gasteiger partial charge is 0.337 e. The Kier molecular flexibility index (Phi) is 6.47. The molecule has 110 valence electrons. The lowest BCUT2D eigenvalue weighted by Crippen LogP contribution is -2.51. The molecule has 0 radical (unpaired) electrons. The fourth-order valence-electron chi connectivity index (χ4n) is 2.17. The van der Waals surface area contributed by atoms with E-state index in [-0.39, 0.29) is 18.5 Å². The molecule has 1 unspecified atom stereocenters. The van der Waals surface area contributed by atoms with Gasteiger partial charge < -0.3 is 10.2 Å². The highest BCUT2D eigenvalue weighted by molar-refractivity contribution is 7.88. The lowest BCUT2D eigenvalue weighted by Gasteiger charge is -2.35. The monoisotopic (exact) mass is 289 g/mol. The standard InChI is InChI=1S/C12H23N3O3S/c1-3-7-13-10-12(16)15-8-5-4-6-11(15)9-14-19(2,17)18/h3,11,13-14H,1,4-10H2,2H3. The number of piperidine rings is 1. The van der Waals surface area contributed by atoms with Gasteiger partial charge in [-0.2, -0.15) is 0 Å². The van der Waals surface area contributed by atoms with Gasteiger partial charge in [-0.25, -0.2) is 13.1 Å². The Morgan fingerprint density at radius 1 is 1.47 bits per heavy atom. The maximum atomic E-state index is 12.1. The van der Waals surface area contributed by atoms with Gasteiger partial charge >= 0.3 is 0 Å². The average molecular weight is 289 g/mol. The first-order chi connectivity index (χ1) is 8.94. The maximum absolute atomic E-state index is 12.1. The summed E-state index contributed by atoms with van der Waals surface area (Å²) >= 11 is 0. The van der Waals surface area contributed by atoms with Crippen LogP contribution in [0.3, 0.4) is 0 Å². The Labute approximate surface area is 115 Å². The van der Waals surface area contributed by atoms with Gasteiger partial charge in [0, 0.05) is 25.7 Å². The second kappa shape index (κ2) is 7.62. The number of rotatable bonds is 7. The van der Waals surface area contributed by atoms with E-state index < -0.39 is 10.0 Å². The molecular formula is C12H23N3O3S. The Morgan fingerprint density at radius 2 is 2.21 bits per heavy atom. The molecule has 6 nitrogen and oxygen atoms in total. The third kappa shape index (κ3) is 6.17. The molecule has 1 amide bonds. The Bertz CT molecular complexity index is 408. The number of amides is 1. The van der Waals surface area contributed by atoms with E-state index >= 15 is 0 Å². The first kappa shape index (κ1) is 16.1. The molecule has 0 saturated carbocycles. The van der Waals surface area contributed by atoms with Crippen molar-refractivity contribution in [2.24, 2.45) is 0 Å². The van der Waals surface area contributed by atoms with Crippen LogP contribution in [-0.4, -0.2) is 57.7 Å². The van der Waals surface area contributed by atoms with Gasteiger partial charge in [0.2, 0.25) is 15.9 Å². The van der Waals surface area contributed by atoms with E-state index in [0.29, 0.717) is 19.6 Å². The number of nitrogens with zero attached hydrogens (tertiary/aromatic N) is 1. The lowest BCUT2D eigenvalue weighted by atomic mass is 10.0. The van der Waals surface area contributed by atoms with Crippen LogP contribution in [0.5, 0.6) is 0 Å². The molecular weight excluding hydrogens is 266 g/mol. The summed E-state index contributed by atoms with van der Waals surface area (Å²) < 4.78 is 24.7. The van der Waals surface area contributed by atoms with E-state index in [2.05, 4.69) is 16.6 Å². The predicted octanol–water partition coefficient (Wildman–Crippen LogP) is -0.308. The summed E-state index contributed by atoms with van der Waals surface area (Å²) in [5.41, 5.74) is 0. The number of likely N-dealkylation sites (tertiary alicyclic amines) is 1. The molecule has 0 aromatic carbocycles. The fourth-order valence-corrected chi connectivity index (χ4v) is 2.67. The molecule has 0 aromatic rings. The maximum Gasteiger partial charge on any atom is 0.236 e. The van der Waals surface area contributed by atoms with Gasteiger partial charge in [0.1, 0.15) is 0 Å². The highest BCUT2D eigenvalue weighted by atomic mass is 32.2. The van der Waals surface area contributed by atoms with Crippen LogP contribution in [0.1, 0.15) is 19.3 Å². The number of hydrogen-bond donors (Lipinski definition) is 2. The van der Waals surface area contributed by atoms with Crippen molar-refractivity contribution in [3.05, 3.63) is 12.7 Å². The second-order valence-electron chi connectivity index (χ2n) is 4.78. The molecule has 2 N–H and O–H groups in total. The summed E-state index contributed by atoms with van der Waals surface area (Å²) in [6.45, 7) is 5.43. The first-order valence-electron chi connectivity index (χ1n) is 6.50. The minimum Gasteiger partial charge on any atom is -0.337 e. The number of carbonyl (C=O) groups excluding carboxylic acids is 1. The molecule has 1 rings (SSSR count). The van der Waals surface area contributed by atoms with E-state index in [0.717, 1.165) is 25.5 Å². The van der Waals surface area contributed by atoms with Gasteiger partial charge in [0.05, 0.1) is 12.8 Å². The number of carbonyl (C=O) groups is 1. The summed E-state index contributed by atoms with van der Waals surface area (Å²) in [6.07, 6.45) is 5.68. The molecule has 0 aromatic heterocycles. The zero-order chi connectivity index (χ0) is 14.3. The van der Waals surface area contributed by atoms with E-state index in [1.165, 1.54) is 0 Å². The zero-order valence-corrected chi connectivity index (χ0v) is 12.2. The number of sulfonamides is 1. The minimum absolute atomic E-state index is 0.0156. The molecule has 1 heterocycles. The SMILES string of the molecule is C=CCNCC(=O)N1CCCCC1CNS(C)(=O)=O. The van der Waals surface area contributed by atoms with Crippen LogP contribution in [0.4, 0.5) is 0 Å². The van der Waals surface area contributed by atoms with Crippen molar-refractivity contribution in [1.82, 2.24) is 14.9 Å². The third-order valence-corrected chi connectivity index (χ3v) is 3.78. The molecule has 1 aliphatic rings. The van der Waals surface area contributed by atoms with Crippen LogP contribution in [-0.2, 0) is 14.8 Å². The minimum atomic E-state index is -3.21. The number of hydrogen-bond acceptors (Lipinski definition) is 4. The van der Waals surface area contributed by atoms with Crippen molar-refractivity contribution in [2.45, 2.75) is 25.3 Å². The highest BCUT2D eigenvalue weighted by Crippen LogP contribution is 2.16. The highest BCUT2D eigenvalue weighted by Gasteiger charge is 2.26. The second-order valence-corrected chi connectivity index (χ2v) is 6.61. The van der Waals surface area contributed by atoms with Crippen molar-refractivity contribution < 1.29 is 13.2 Å².